The Bertz CT molecular complexity index is 337. The van der Waals surface area contributed by atoms with Crippen molar-refractivity contribution < 1.29 is 0 Å². The maximum atomic E-state index is 5.53. The third kappa shape index (κ3) is 2.24. The molecule has 0 aliphatic carbocycles. The van der Waals surface area contributed by atoms with Gasteiger partial charge in [-0.15, -0.1) is 10.2 Å². The first kappa shape index (κ1) is 11.1. The van der Waals surface area contributed by atoms with Crippen molar-refractivity contribution in [2.24, 2.45) is 0 Å². The van der Waals surface area contributed by atoms with Crippen molar-refractivity contribution >= 4 is 11.6 Å². The minimum absolute atomic E-state index is 0.476. The van der Waals surface area contributed by atoms with Crippen LogP contribution in [-0.4, -0.2) is 47.3 Å². The molecule has 1 atom stereocenters. The highest BCUT2D eigenvalue weighted by molar-refractivity contribution is 5.41. The molecular weight excluding hydrogens is 202 g/mol. The van der Waals surface area contributed by atoms with Crippen molar-refractivity contribution in [1.82, 2.24) is 15.1 Å². The average molecular weight is 221 g/mol. The molecule has 1 fully saturated rings. The summed E-state index contributed by atoms with van der Waals surface area (Å²) in [5.74, 6) is 1.40. The molecule has 0 amide bonds. The van der Waals surface area contributed by atoms with Gasteiger partial charge < -0.3 is 10.6 Å². The zero-order valence-corrected chi connectivity index (χ0v) is 9.93. The summed E-state index contributed by atoms with van der Waals surface area (Å²) in [6, 6.07) is 4.31. The second kappa shape index (κ2) is 4.65. The van der Waals surface area contributed by atoms with Gasteiger partial charge in [-0.3, -0.25) is 4.90 Å². The Balaban J connectivity index is 2.04. The van der Waals surface area contributed by atoms with Crippen LogP contribution >= 0.6 is 0 Å². The van der Waals surface area contributed by atoms with Crippen molar-refractivity contribution in [1.29, 1.82) is 0 Å². The molecule has 0 aromatic carbocycles. The molecule has 5 nitrogen and oxygen atoms in total. The molecule has 0 bridgehead atoms. The third-order valence-corrected chi connectivity index (χ3v) is 3.17. The molecule has 1 aromatic rings. The minimum atomic E-state index is 0.476. The van der Waals surface area contributed by atoms with E-state index in [0.29, 0.717) is 11.9 Å². The Morgan fingerprint density at radius 3 is 2.75 bits per heavy atom. The van der Waals surface area contributed by atoms with Crippen LogP contribution in [0.25, 0.3) is 0 Å². The van der Waals surface area contributed by atoms with Crippen LogP contribution in [0.3, 0.4) is 0 Å². The summed E-state index contributed by atoms with van der Waals surface area (Å²) in [5.41, 5.74) is 5.53. The maximum Gasteiger partial charge on any atom is 0.151 e. The SMILES string of the molecule is CCN1CCN(c2ccc(N)nn2)CC1C. The molecule has 0 spiro atoms. The number of hydrogen-bond acceptors (Lipinski definition) is 5. The van der Waals surface area contributed by atoms with E-state index < -0.39 is 0 Å². The van der Waals surface area contributed by atoms with Crippen LogP contribution in [-0.2, 0) is 0 Å². The number of aromatic nitrogens is 2. The van der Waals surface area contributed by atoms with Gasteiger partial charge in [0, 0.05) is 25.7 Å². The van der Waals surface area contributed by atoms with Crippen molar-refractivity contribution in [3.8, 4) is 0 Å². The fourth-order valence-corrected chi connectivity index (χ4v) is 2.18. The van der Waals surface area contributed by atoms with Gasteiger partial charge >= 0.3 is 0 Å². The van der Waals surface area contributed by atoms with Gasteiger partial charge in [-0.25, -0.2) is 0 Å². The summed E-state index contributed by atoms with van der Waals surface area (Å²) in [5, 5.41) is 8.01. The molecule has 0 saturated carbocycles. The van der Waals surface area contributed by atoms with Crippen LogP contribution in [0, 0.1) is 0 Å². The van der Waals surface area contributed by atoms with E-state index in [-0.39, 0.29) is 0 Å². The number of nitrogens with two attached hydrogens (primary N) is 1. The second-order valence-electron chi connectivity index (χ2n) is 4.24. The summed E-state index contributed by atoms with van der Waals surface area (Å²) in [6.07, 6.45) is 0. The van der Waals surface area contributed by atoms with E-state index >= 15 is 0 Å². The monoisotopic (exact) mass is 221 g/mol. The lowest BCUT2D eigenvalue weighted by Crippen LogP contribution is -2.52. The van der Waals surface area contributed by atoms with Crippen molar-refractivity contribution in [2.45, 2.75) is 19.9 Å². The van der Waals surface area contributed by atoms with E-state index in [1.54, 1.807) is 6.07 Å². The van der Waals surface area contributed by atoms with Gasteiger partial charge in [-0.2, -0.15) is 0 Å². The van der Waals surface area contributed by atoms with E-state index in [1.165, 1.54) is 0 Å². The smallest absolute Gasteiger partial charge is 0.151 e. The molecule has 88 valence electrons. The predicted octanol–water partition coefficient (Wildman–Crippen LogP) is 0.589. The summed E-state index contributed by atoms with van der Waals surface area (Å²) < 4.78 is 0. The topological polar surface area (TPSA) is 58.3 Å². The van der Waals surface area contributed by atoms with E-state index in [9.17, 15) is 0 Å². The molecule has 1 aliphatic rings. The Morgan fingerprint density at radius 1 is 1.38 bits per heavy atom. The van der Waals surface area contributed by atoms with Gasteiger partial charge in [0.1, 0.15) is 5.82 Å². The largest absolute Gasteiger partial charge is 0.382 e. The van der Waals surface area contributed by atoms with Crippen molar-refractivity contribution in [3.63, 3.8) is 0 Å². The summed E-state index contributed by atoms with van der Waals surface area (Å²) in [4.78, 5) is 4.74. The first-order valence-corrected chi connectivity index (χ1v) is 5.79. The Hall–Kier alpha value is -1.36. The van der Waals surface area contributed by atoms with Crippen LogP contribution < -0.4 is 10.6 Å². The van der Waals surface area contributed by atoms with Crippen LogP contribution in [0.2, 0.25) is 0 Å². The van der Waals surface area contributed by atoms with E-state index in [4.69, 9.17) is 5.73 Å². The molecule has 2 heterocycles. The highest BCUT2D eigenvalue weighted by Gasteiger charge is 2.23. The molecule has 16 heavy (non-hydrogen) atoms. The summed E-state index contributed by atoms with van der Waals surface area (Å²) in [7, 11) is 0. The molecular formula is C11H19N5. The van der Waals surface area contributed by atoms with Crippen LogP contribution in [0.15, 0.2) is 12.1 Å². The van der Waals surface area contributed by atoms with Gasteiger partial charge in [-0.05, 0) is 25.6 Å². The minimum Gasteiger partial charge on any atom is -0.382 e. The lowest BCUT2D eigenvalue weighted by Gasteiger charge is -2.39. The number of nitrogens with zero attached hydrogens (tertiary/aromatic N) is 4. The Kier molecular flexibility index (Phi) is 3.24. The quantitative estimate of drug-likeness (QED) is 0.792. The average Bonchev–Trinajstić information content (AvgIpc) is 2.30. The first-order chi connectivity index (χ1) is 7.70. The van der Waals surface area contributed by atoms with Crippen LogP contribution in [0.5, 0.6) is 0 Å². The second-order valence-corrected chi connectivity index (χ2v) is 4.24. The number of nitrogen functional groups attached to an aromatic ring is 1. The number of anilines is 2. The Morgan fingerprint density at radius 2 is 2.19 bits per heavy atom. The van der Waals surface area contributed by atoms with Gasteiger partial charge in [0.25, 0.3) is 0 Å². The van der Waals surface area contributed by atoms with Gasteiger partial charge in [-0.1, -0.05) is 6.92 Å². The first-order valence-electron chi connectivity index (χ1n) is 5.79. The molecule has 2 rings (SSSR count). The highest BCUT2D eigenvalue weighted by Crippen LogP contribution is 2.16. The van der Waals surface area contributed by atoms with Crippen LogP contribution in [0.1, 0.15) is 13.8 Å². The lowest BCUT2D eigenvalue weighted by molar-refractivity contribution is 0.199. The highest BCUT2D eigenvalue weighted by atomic mass is 15.3. The fourth-order valence-electron chi connectivity index (χ4n) is 2.18. The molecule has 1 aromatic heterocycles. The van der Waals surface area contributed by atoms with E-state index in [2.05, 4.69) is 33.8 Å². The number of hydrogen-bond donors (Lipinski definition) is 1. The number of rotatable bonds is 2. The molecule has 1 unspecified atom stereocenters. The molecule has 1 aliphatic heterocycles. The van der Waals surface area contributed by atoms with Crippen molar-refractivity contribution in [2.75, 3.05) is 36.8 Å². The molecule has 1 saturated heterocycles. The third-order valence-electron chi connectivity index (χ3n) is 3.17. The van der Waals surface area contributed by atoms with Gasteiger partial charge in [0.2, 0.25) is 0 Å². The van der Waals surface area contributed by atoms with Gasteiger partial charge in [0.05, 0.1) is 0 Å². The fraction of sp³-hybridized carbons (Fsp3) is 0.636. The standard InChI is InChI=1S/C11H19N5/c1-3-15-6-7-16(8-9(15)2)11-5-4-10(12)13-14-11/h4-5,9H,3,6-8H2,1-2H3,(H2,12,13). The van der Waals surface area contributed by atoms with Gasteiger partial charge in [0.15, 0.2) is 5.82 Å². The van der Waals surface area contributed by atoms with E-state index in [1.807, 2.05) is 6.07 Å². The number of piperazine rings is 1. The van der Waals surface area contributed by atoms with E-state index in [0.717, 1.165) is 32.0 Å². The zero-order valence-electron chi connectivity index (χ0n) is 9.93. The Labute approximate surface area is 96.2 Å². The summed E-state index contributed by atoms with van der Waals surface area (Å²) >= 11 is 0. The summed E-state index contributed by atoms with van der Waals surface area (Å²) in [6.45, 7) is 8.67. The van der Waals surface area contributed by atoms with Crippen molar-refractivity contribution in [3.05, 3.63) is 12.1 Å². The molecule has 2 N–H and O–H groups in total. The lowest BCUT2D eigenvalue weighted by atomic mass is 10.2. The predicted molar refractivity (Wildman–Crippen MR) is 65.4 cm³/mol. The molecule has 5 heteroatoms. The van der Waals surface area contributed by atoms with Crippen LogP contribution in [0.4, 0.5) is 11.6 Å². The number of likely N-dealkylation sites (N-methyl/N-ethyl adjacent to an activating group) is 1. The molecule has 0 radical (unpaired) electrons. The zero-order chi connectivity index (χ0) is 11.5. The normalized spacial score (nSPS) is 22.4. The maximum absolute atomic E-state index is 5.53.